The fourth-order valence-corrected chi connectivity index (χ4v) is 1.70. The minimum Gasteiger partial charge on any atom is -0.344 e. The van der Waals surface area contributed by atoms with Gasteiger partial charge >= 0.3 is 0 Å². The predicted octanol–water partition coefficient (Wildman–Crippen LogP) is 0.570. The lowest BCUT2D eigenvalue weighted by molar-refractivity contribution is 0.562. The molecule has 0 saturated carbocycles. The van der Waals surface area contributed by atoms with E-state index in [0.717, 1.165) is 19.0 Å². The van der Waals surface area contributed by atoms with E-state index in [2.05, 4.69) is 42.9 Å². The molecule has 4 heteroatoms. The Bertz CT molecular complexity index is 122. The minimum absolute atomic E-state index is 1.08. The first-order chi connectivity index (χ1) is 4.25. The van der Waals surface area contributed by atoms with Crippen LogP contribution in [0, 0.1) is 0 Å². The first-order valence-corrected chi connectivity index (χ1v) is 3.83. The van der Waals surface area contributed by atoms with E-state index in [1.54, 1.807) is 0 Å². The van der Waals surface area contributed by atoms with Crippen molar-refractivity contribution < 1.29 is 0 Å². The van der Waals surface area contributed by atoms with Crippen LogP contribution in [-0.2, 0) is 0 Å². The largest absolute Gasteiger partial charge is 0.344 e. The zero-order chi connectivity index (χ0) is 6.85. The summed E-state index contributed by atoms with van der Waals surface area (Å²) in [4.78, 5) is 6.26. The molecule has 1 saturated heterocycles. The molecule has 9 heavy (non-hydrogen) atoms. The summed E-state index contributed by atoms with van der Waals surface area (Å²) in [5.41, 5.74) is 0. The van der Waals surface area contributed by atoms with Crippen LogP contribution >= 0.6 is 22.9 Å². The molecule has 3 nitrogen and oxygen atoms in total. The van der Waals surface area contributed by atoms with E-state index >= 15 is 0 Å². The van der Waals surface area contributed by atoms with Gasteiger partial charge in [-0.2, -0.15) is 0 Å². The van der Waals surface area contributed by atoms with Gasteiger partial charge in [-0.25, -0.2) is 0 Å². The summed E-state index contributed by atoms with van der Waals surface area (Å²) in [5.74, 6) is 1.08. The van der Waals surface area contributed by atoms with Crippen molar-refractivity contribution in [3.05, 3.63) is 0 Å². The zero-order valence-electron chi connectivity index (χ0n) is 5.63. The number of rotatable bonds is 0. The second-order valence-corrected chi connectivity index (χ2v) is 3.20. The van der Waals surface area contributed by atoms with Gasteiger partial charge in [0.25, 0.3) is 0 Å². The number of hydrogen-bond donors (Lipinski definition) is 0. The van der Waals surface area contributed by atoms with Crippen molar-refractivity contribution in [2.24, 2.45) is 4.99 Å². The van der Waals surface area contributed by atoms with Gasteiger partial charge in [0.15, 0.2) is 0 Å². The van der Waals surface area contributed by atoms with E-state index in [1.807, 2.05) is 7.05 Å². The van der Waals surface area contributed by atoms with E-state index in [4.69, 9.17) is 0 Å². The third-order valence-corrected chi connectivity index (χ3v) is 2.30. The van der Waals surface area contributed by atoms with Crippen LogP contribution in [0.3, 0.4) is 0 Å². The van der Waals surface area contributed by atoms with Gasteiger partial charge in [0.2, 0.25) is 5.96 Å². The molecule has 0 aromatic rings. The van der Waals surface area contributed by atoms with Gasteiger partial charge in [0.1, 0.15) is 0 Å². The maximum atomic E-state index is 4.11. The third-order valence-electron chi connectivity index (χ3n) is 1.39. The van der Waals surface area contributed by atoms with Gasteiger partial charge in [-0.3, -0.25) is 8.11 Å². The normalized spacial score (nSPS) is 24.1. The zero-order valence-corrected chi connectivity index (χ0v) is 7.79. The van der Waals surface area contributed by atoms with Crippen molar-refractivity contribution in [1.29, 1.82) is 0 Å². The van der Waals surface area contributed by atoms with E-state index in [0.29, 0.717) is 0 Å². The lowest BCUT2D eigenvalue weighted by Gasteiger charge is -2.12. The Morgan fingerprint density at radius 1 is 1.56 bits per heavy atom. The molecule has 1 rings (SSSR count). The Kier molecular flexibility index (Phi) is 2.15. The molecule has 0 aromatic carbocycles. The summed E-state index contributed by atoms with van der Waals surface area (Å²) < 4.78 is 2.12. The van der Waals surface area contributed by atoms with Crippen molar-refractivity contribution in [1.82, 2.24) is 8.01 Å². The van der Waals surface area contributed by atoms with Gasteiger partial charge in [0, 0.05) is 27.2 Å². The third kappa shape index (κ3) is 1.28. The molecule has 0 aromatic heterocycles. The molecule has 1 fully saturated rings. The fourth-order valence-electron chi connectivity index (χ4n) is 0.902. The van der Waals surface area contributed by atoms with Gasteiger partial charge in [-0.1, -0.05) is 0 Å². The standard InChI is InChI=1S/C5H10IN3/c1-7-5-8(2)3-4-9(5)6/h3-4H2,1-2H3/b7-5-. The molecule has 0 aliphatic carbocycles. The lowest BCUT2D eigenvalue weighted by atomic mass is 10.7. The van der Waals surface area contributed by atoms with Crippen LogP contribution in [0.25, 0.3) is 0 Å². The number of aliphatic imine (C=N–C) groups is 1. The van der Waals surface area contributed by atoms with Crippen LogP contribution in [0.1, 0.15) is 0 Å². The Morgan fingerprint density at radius 3 is 2.44 bits per heavy atom. The van der Waals surface area contributed by atoms with E-state index < -0.39 is 0 Å². The van der Waals surface area contributed by atoms with Gasteiger partial charge < -0.3 is 4.90 Å². The number of nitrogens with zero attached hydrogens (tertiary/aromatic N) is 3. The fraction of sp³-hybridized carbons (Fsp3) is 0.800. The van der Waals surface area contributed by atoms with Crippen molar-refractivity contribution in [2.45, 2.75) is 0 Å². The van der Waals surface area contributed by atoms with Crippen molar-refractivity contribution in [3.63, 3.8) is 0 Å². The average molecular weight is 239 g/mol. The summed E-state index contributed by atoms with van der Waals surface area (Å²) in [5, 5.41) is 0. The predicted molar refractivity (Wildman–Crippen MR) is 46.7 cm³/mol. The SMILES string of the molecule is C/N=C1/N(C)CCN1I. The van der Waals surface area contributed by atoms with Gasteiger partial charge in [-0.15, -0.1) is 0 Å². The summed E-state index contributed by atoms with van der Waals surface area (Å²) >= 11 is 2.27. The van der Waals surface area contributed by atoms with Crippen molar-refractivity contribution >= 4 is 28.8 Å². The number of likely N-dealkylation sites (N-methyl/N-ethyl adjacent to an activating group) is 1. The minimum atomic E-state index is 1.08. The molecule has 0 N–H and O–H groups in total. The highest BCUT2D eigenvalue weighted by atomic mass is 127. The van der Waals surface area contributed by atoms with E-state index in [9.17, 15) is 0 Å². The molecule has 0 unspecified atom stereocenters. The summed E-state index contributed by atoms with van der Waals surface area (Å²) in [7, 11) is 3.88. The van der Waals surface area contributed by atoms with E-state index in [-0.39, 0.29) is 0 Å². The highest BCUT2D eigenvalue weighted by Gasteiger charge is 2.19. The number of guanidine groups is 1. The van der Waals surface area contributed by atoms with Crippen LogP contribution < -0.4 is 0 Å². The molecule has 0 radical (unpaired) electrons. The Labute approximate surface area is 69.2 Å². The highest BCUT2D eigenvalue weighted by Crippen LogP contribution is 2.10. The Hall–Kier alpha value is 0. The molecule has 1 heterocycles. The topological polar surface area (TPSA) is 18.8 Å². The molecule has 52 valence electrons. The second-order valence-electron chi connectivity index (χ2n) is 2.03. The molecular formula is C5H10IN3. The first-order valence-electron chi connectivity index (χ1n) is 2.87. The van der Waals surface area contributed by atoms with Crippen LogP contribution in [0.5, 0.6) is 0 Å². The molecule has 0 spiro atoms. The van der Waals surface area contributed by atoms with Crippen LogP contribution in [0.15, 0.2) is 4.99 Å². The second kappa shape index (κ2) is 2.72. The highest BCUT2D eigenvalue weighted by molar-refractivity contribution is 14.1. The molecule has 0 atom stereocenters. The van der Waals surface area contributed by atoms with Crippen molar-refractivity contribution in [2.75, 3.05) is 27.2 Å². The first kappa shape index (κ1) is 7.11. The molecule has 1 aliphatic heterocycles. The molecular weight excluding hydrogens is 229 g/mol. The summed E-state index contributed by atoms with van der Waals surface area (Å²) in [6, 6.07) is 0. The average Bonchev–Trinajstić information content (AvgIpc) is 2.12. The molecule has 0 amide bonds. The monoisotopic (exact) mass is 239 g/mol. The lowest BCUT2D eigenvalue weighted by Crippen LogP contribution is -2.24. The Balaban J connectivity index is 2.66. The smallest absolute Gasteiger partial charge is 0.205 e. The maximum absolute atomic E-state index is 4.11. The van der Waals surface area contributed by atoms with Gasteiger partial charge in [-0.05, 0) is 0 Å². The van der Waals surface area contributed by atoms with Crippen molar-refractivity contribution in [3.8, 4) is 0 Å². The van der Waals surface area contributed by atoms with Gasteiger partial charge in [0.05, 0.1) is 22.9 Å². The Morgan fingerprint density at radius 2 is 2.22 bits per heavy atom. The van der Waals surface area contributed by atoms with E-state index in [1.165, 1.54) is 0 Å². The molecule has 1 aliphatic rings. The van der Waals surface area contributed by atoms with Crippen LogP contribution in [0.2, 0.25) is 0 Å². The van der Waals surface area contributed by atoms with Crippen LogP contribution in [-0.4, -0.2) is 41.2 Å². The maximum Gasteiger partial charge on any atom is 0.205 e. The number of hydrogen-bond acceptors (Lipinski definition) is 1. The number of halogens is 1. The van der Waals surface area contributed by atoms with Crippen LogP contribution in [0.4, 0.5) is 0 Å². The quantitative estimate of drug-likeness (QED) is 0.454. The molecule has 0 bridgehead atoms. The summed E-state index contributed by atoms with van der Waals surface area (Å²) in [6.07, 6.45) is 0. The summed E-state index contributed by atoms with van der Waals surface area (Å²) in [6.45, 7) is 2.18.